The van der Waals surface area contributed by atoms with E-state index >= 15 is 0 Å². The van der Waals surface area contributed by atoms with Gasteiger partial charge in [-0.05, 0) is 12.0 Å². The van der Waals surface area contributed by atoms with Crippen molar-refractivity contribution in [3.05, 3.63) is 60.1 Å². The molecule has 2 aromatic heterocycles. The van der Waals surface area contributed by atoms with Crippen LogP contribution in [0.4, 0.5) is 5.82 Å². The molecule has 3 aromatic rings. The molecule has 1 unspecified atom stereocenters. The molecule has 0 spiro atoms. The first-order chi connectivity index (χ1) is 13.6. The van der Waals surface area contributed by atoms with Crippen molar-refractivity contribution in [2.24, 2.45) is 0 Å². The van der Waals surface area contributed by atoms with E-state index in [-0.39, 0.29) is 5.82 Å². The minimum atomic E-state index is -0.638. The van der Waals surface area contributed by atoms with Gasteiger partial charge in [-0.15, -0.1) is 5.10 Å². The Hall–Kier alpha value is -3.49. The molecule has 1 aromatic carbocycles. The van der Waals surface area contributed by atoms with Crippen LogP contribution in [0.3, 0.4) is 0 Å². The van der Waals surface area contributed by atoms with Gasteiger partial charge < -0.3 is 19.6 Å². The van der Waals surface area contributed by atoms with Gasteiger partial charge >= 0.3 is 0 Å². The number of hydrogen-bond acceptors (Lipinski definition) is 6. The van der Waals surface area contributed by atoms with Crippen LogP contribution in [0.25, 0.3) is 0 Å². The third-order valence-electron chi connectivity index (χ3n) is 4.26. The van der Waals surface area contributed by atoms with Crippen molar-refractivity contribution >= 4 is 18.0 Å². The normalized spacial score (nSPS) is 11.8. The highest BCUT2D eigenvalue weighted by Crippen LogP contribution is 2.11. The molecule has 146 valence electrons. The van der Waals surface area contributed by atoms with Gasteiger partial charge in [0.05, 0.1) is 18.6 Å². The Morgan fingerprint density at radius 2 is 2.11 bits per heavy atom. The van der Waals surface area contributed by atoms with Gasteiger partial charge in [0.1, 0.15) is 17.9 Å². The van der Waals surface area contributed by atoms with E-state index in [9.17, 15) is 9.59 Å². The summed E-state index contributed by atoms with van der Waals surface area (Å²) in [4.78, 5) is 34.0. The van der Waals surface area contributed by atoms with Crippen LogP contribution in [-0.4, -0.2) is 57.1 Å². The quantitative estimate of drug-likeness (QED) is 0.536. The number of H-pyrrole nitrogens is 1. The van der Waals surface area contributed by atoms with Gasteiger partial charge in [-0.25, -0.2) is 9.97 Å². The standard InChI is InChI=1S/C19H23N7O2/c1-25(2)17-11-20-13-26(17)9-8-15(12-27)21-19(28)18-22-16(23-24-18)10-14-6-4-3-5-7-14/h3-7,11-13,15H,8-10H2,1-2H3,(H,21,28)(H,22,23,24). The lowest BCUT2D eigenvalue weighted by Gasteiger charge is -2.17. The van der Waals surface area contributed by atoms with E-state index in [0.717, 1.165) is 17.7 Å². The summed E-state index contributed by atoms with van der Waals surface area (Å²) in [6, 6.07) is 9.13. The van der Waals surface area contributed by atoms with Crippen molar-refractivity contribution in [1.82, 2.24) is 30.0 Å². The molecule has 0 aliphatic heterocycles. The predicted octanol–water partition coefficient (Wildman–Crippen LogP) is 1.05. The summed E-state index contributed by atoms with van der Waals surface area (Å²) < 4.78 is 1.92. The summed E-state index contributed by atoms with van der Waals surface area (Å²) in [6.07, 6.45) is 5.15. The summed E-state index contributed by atoms with van der Waals surface area (Å²) in [5.41, 5.74) is 1.06. The smallest absolute Gasteiger partial charge is 0.291 e. The lowest BCUT2D eigenvalue weighted by Crippen LogP contribution is -2.37. The number of carbonyl (C=O) groups is 2. The molecule has 0 aliphatic rings. The number of anilines is 1. The summed E-state index contributed by atoms with van der Waals surface area (Å²) in [5.74, 6) is 1.06. The Kier molecular flexibility index (Phi) is 6.15. The molecular weight excluding hydrogens is 358 g/mol. The van der Waals surface area contributed by atoms with E-state index < -0.39 is 11.9 Å². The van der Waals surface area contributed by atoms with Crippen molar-refractivity contribution in [1.29, 1.82) is 0 Å². The maximum atomic E-state index is 12.4. The molecule has 1 atom stereocenters. The fourth-order valence-electron chi connectivity index (χ4n) is 2.81. The van der Waals surface area contributed by atoms with Crippen LogP contribution in [0, 0.1) is 0 Å². The average Bonchev–Trinajstić information content (AvgIpc) is 3.35. The Labute approximate surface area is 162 Å². The number of amides is 1. The zero-order chi connectivity index (χ0) is 19.9. The number of nitrogens with zero attached hydrogens (tertiary/aromatic N) is 5. The van der Waals surface area contributed by atoms with Gasteiger partial charge in [0.15, 0.2) is 0 Å². The van der Waals surface area contributed by atoms with Crippen LogP contribution in [-0.2, 0) is 17.8 Å². The number of aromatic nitrogens is 5. The van der Waals surface area contributed by atoms with Gasteiger partial charge in [-0.1, -0.05) is 30.3 Å². The minimum absolute atomic E-state index is 0.0226. The molecule has 0 radical (unpaired) electrons. The Morgan fingerprint density at radius 3 is 2.82 bits per heavy atom. The Morgan fingerprint density at radius 1 is 1.32 bits per heavy atom. The number of rotatable bonds is 9. The molecule has 9 nitrogen and oxygen atoms in total. The number of hydrogen-bond donors (Lipinski definition) is 2. The number of imidazole rings is 1. The van der Waals surface area contributed by atoms with E-state index in [4.69, 9.17) is 0 Å². The molecule has 9 heteroatoms. The second kappa shape index (κ2) is 8.94. The first kappa shape index (κ1) is 19.3. The number of aldehydes is 1. The van der Waals surface area contributed by atoms with Crippen molar-refractivity contribution in [2.75, 3.05) is 19.0 Å². The number of aryl methyl sites for hydroxylation is 1. The second-order valence-corrected chi connectivity index (χ2v) is 6.61. The topological polar surface area (TPSA) is 109 Å². The largest absolute Gasteiger partial charge is 0.363 e. The van der Waals surface area contributed by atoms with Crippen molar-refractivity contribution in [3.63, 3.8) is 0 Å². The van der Waals surface area contributed by atoms with Gasteiger partial charge in [0.25, 0.3) is 5.91 Å². The average molecular weight is 381 g/mol. The SMILES string of the molecule is CN(C)c1cncn1CCC(C=O)NC(=O)c1n[nH]c(Cc2ccccc2)n1. The third-order valence-corrected chi connectivity index (χ3v) is 4.26. The molecule has 3 rings (SSSR count). The maximum absolute atomic E-state index is 12.4. The molecule has 0 bridgehead atoms. The molecular formula is C19H23N7O2. The second-order valence-electron chi connectivity index (χ2n) is 6.61. The van der Waals surface area contributed by atoms with E-state index in [0.29, 0.717) is 25.2 Å². The van der Waals surface area contributed by atoms with Gasteiger partial charge in [-0.2, -0.15) is 0 Å². The zero-order valence-corrected chi connectivity index (χ0v) is 15.9. The molecule has 0 fully saturated rings. The van der Waals surface area contributed by atoms with Crippen molar-refractivity contribution in [3.8, 4) is 0 Å². The van der Waals surface area contributed by atoms with E-state index in [1.807, 2.05) is 53.9 Å². The van der Waals surface area contributed by atoms with Crippen LogP contribution in [0.15, 0.2) is 42.9 Å². The highest BCUT2D eigenvalue weighted by molar-refractivity contribution is 5.92. The molecule has 28 heavy (non-hydrogen) atoms. The van der Waals surface area contributed by atoms with Crippen LogP contribution in [0.2, 0.25) is 0 Å². The van der Waals surface area contributed by atoms with Crippen LogP contribution >= 0.6 is 0 Å². The molecule has 0 aliphatic carbocycles. The first-order valence-electron chi connectivity index (χ1n) is 8.95. The molecule has 1 amide bonds. The summed E-state index contributed by atoms with van der Waals surface area (Å²) in [7, 11) is 3.84. The zero-order valence-electron chi connectivity index (χ0n) is 15.9. The third kappa shape index (κ3) is 4.81. The number of benzene rings is 1. The van der Waals surface area contributed by atoms with E-state index in [1.54, 1.807) is 12.5 Å². The highest BCUT2D eigenvalue weighted by atomic mass is 16.2. The summed E-state index contributed by atoms with van der Waals surface area (Å²) in [5, 5.41) is 9.41. The monoisotopic (exact) mass is 381 g/mol. The Balaban J connectivity index is 1.56. The van der Waals surface area contributed by atoms with E-state index in [2.05, 4.69) is 25.5 Å². The predicted molar refractivity (Wildman–Crippen MR) is 104 cm³/mol. The molecule has 2 N–H and O–H groups in total. The van der Waals surface area contributed by atoms with Crippen molar-refractivity contribution < 1.29 is 9.59 Å². The fourth-order valence-corrected chi connectivity index (χ4v) is 2.81. The number of nitrogens with one attached hydrogen (secondary N) is 2. The lowest BCUT2D eigenvalue weighted by molar-refractivity contribution is -0.109. The number of aromatic amines is 1. The van der Waals surface area contributed by atoms with Gasteiger partial charge in [-0.3, -0.25) is 9.89 Å². The minimum Gasteiger partial charge on any atom is -0.363 e. The van der Waals surface area contributed by atoms with Crippen LogP contribution in [0.1, 0.15) is 28.4 Å². The summed E-state index contributed by atoms with van der Waals surface area (Å²) in [6.45, 7) is 0.546. The molecule has 0 saturated carbocycles. The first-order valence-corrected chi connectivity index (χ1v) is 8.95. The molecule has 2 heterocycles. The van der Waals surface area contributed by atoms with Crippen molar-refractivity contribution in [2.45, 2.75) is 25.4 Å². The van der Waals surface area contributed by atoms with Crippen LogP contribution < -0.4 is 10.2 Å². The Bertz CT molecular complexity index is 917. The highest BCUT2D eigenvalue weighted by Gasteiger charge is 2.18. The molecule has 0 saturated heterocycles. The lowest BCUT2D eigenvalue weighted by atomic mass is 10.1. The van der Waals surface area contributed by atoms with Gasteiger partial charge in [0, 0.05) is 27.1 Å². The van der Waals surface area contributed by atoms with Gasteiger partial charge in [0.2, 0.25) is 5.82 Å². The maximum Gasteiger partial charge on any atom is 0.291 e. The number of carbonyl (C=O) groups excluding carboxylic acids is 2. The summed E-state index contributed by atoms with van der Waals surface area (Å²) >= 11 is 0. The fraction of sp³-hybridized carbons (Fsp3) is 0.316. The van der Waals surface area contributed by atoms with Crippen LogP contribution in [0.5, 0.6) is 0 Å². The van der Waals surface area contributed by atoms with E-state index in [1.165, 1.54) is 0 Å².